The fraction of sp³-hybridized carbons (Fsp3) is 0.412. The average molecular weight is 396 g/mol. The topological polar surface area (TPSA) is 111 Å². The summed E-state index contributed by atoms with van der Waals surface area (Å²) in [5.74, 6) is -1.45. The van der Waals surface area contributed by atoms with E-state index in [1.165, 1.54) is 28.6 Å². The number of carbonyl (C=O) groups is 2. The molecule has 146 valence electrons. The Bertz CT molecular complexity index is 827. The molecule has 2 aliphatic heterocycles. The Morgan fingerprint density at radius 2 is 1.81 bits per heavy atom. The van der Waals surface area contributed by atoms with Crippen LogP contribution >= 0.6 is 0 Å². The molecule has 3 rings (SSSR count). The number of rotatable bonds is 6. The van der Waals surface area contributed by atoms with Gasteiger partial charge in [0.25, 0.3) is 5.91 Å². The van der Waals surface area contributed by atoms with Crippen LogP contribution in [0, 0.1) is 0 Å². The summed E-state index contributed by atoms with van der Waals surface area (Å²) >= 11 is 0. The number of nitrogens with one attached hydrogen (secondary N) is 1. The van der Waals surface area contributed by atoms with Crippen molar-refractivity contribution in [2.75, 3.05) is 38.2 Å². The fourth-order valence-corrected chi connectivity index (χ4v) is 4.18. The van der Waals surface area contributed by atoms with Crippen LogP contribution in [-0.4, -0.2) is 57.5 Å². The Morgan fingerprint density at radius 3 is 2.44 bits per heavy atom. The van der Waals surface area contributed by atoms with Crippen molar-refractivity contribution in [3.63, 3.8) is 0 Å². The van der Waals surface area contributed by atoms with Crippen molar-refractivity contribution in [1.29, 1.82) is 0 Å². The number of ether oxygens (including phenoxy) is 3. The smallest absolute Gasteiger partial charge is 0.377 e. The summed E-state index contributed by atoms with van der Waals surface area (Å²) in [6, 6.07) is 5.85. The zero-order valence-corrected chi connectivity index (χ0v) is 15.4. The Kier molecular flexibility index (Phi) is 5.97. The van der Waals surface area contributed by atoms with Crippen molar-refractivity contribution in [2.24, 2.45) is 0 Å². The molecule has 0 atom stereocenters. The molecule has 0 unspecified atom stereocenters. The third-order valence-corrected chi connectivity index (χ3v) is 5.94. The summed E-state index contributed by atoms with van der Waals surface area (Å²) in [5.41, 5.74) is 0.396. The van der Waals surface area contributed by atoms with Crippen molar-refractivity contribution in [1.82, 2.24) is 4.31 Å². The van der Waals surface area contributed by atoms with Crippen molar-refractivity contribution in [3.05, 3.63) is 36.3 Å². The molecule has 0 saturated carbocycles. The summed E-state index contributed by atoms with van der Waals surface area (Å²) in [6.45, 7) is 1.13. The van der Waals surface area contributed by atoms with E-state index in [-0.39, 0.29) is 17.3 Å². The lowest BCUT2D eigenvalue weighted by atomic mass is 10.3. The van der Waals surface area contributed by atoms with Gasteiger partial charge in [0.1, 0.15) is 19.5 Å². The van der Waals surface area contributed by atoms with Crippen LogP contribution < -0.4 is 5.32 Å². The number of sulfonamides is 1. The van der Waals surface area contributed by atoms with Crippen molar-refractivity contribution in [2.45, 2.75) is 17.7 Å². The number of nitrogens with zero attached hydrogens (tertiary/aromatic N) is 1. The third-order valence-electron chi connectivity index (χ3n) is 4.03. The second kappa shape index (κ2) is 8.40. The van der Waals surface area contributed by atoms with Gasteiger partial charge in [-0.25, -0.2) is 13.2 Å². The van der Waals surface area contributed by atoms with Gasteiger partial charge in [-0.15, -0.1) is 0 Å². The van der Waals surface area contributed by atoms with Gasteiger partial charge in [-0.1, -0.05) is 0 Å². The molecule has 10 heteroatoms. The van der Waals surface area contributed by atoms with Crippen LogP contribution in [0.1, 0.15) is 12.8 Å². The molecule has 1 N–H and O–H groups in total. The summed E-state index contributed by atoms with van der Waals surface area (Å²) in [5, 5.41) is 2.53. The summed E-state index contributed by atoms with van der Waals surface area (Å²) in [6.07, 6.45) is 2.86. The van der Waals surface area contributed by atoms with E-state index in [1.807, 2.05) is 0 Å². The monoisotopic (exact) mass is 396 g/mol. The van der Waals surface area contributed by atoms with Gasteiger partial charge < -0.3 is 19.5 Å². The average Bonchev–Trinajstić information content (AvgIpc) is 3.23. The van der Waals surface area contributed by atoms with Gasteiger partial charge in [-0.05, 0) is 37.1 Å². The van der Waals surface area contributed by atoms with Gasteiger partial charge in [0.15, 0.2) is 6.61 Å². The number of hydrogen-bond donors (Lipinski definition) is 1. The first kappa shape index (κ1) is 19.2. The maximum atomic E-state index is 12.4. The lowest BCUT2D eigenvalue weighted by molar-refractivity contribution is -0.148. The minimum absolute atomic E-state index is 0.0921. The normalized spacial score (nSPS) is 17.4. The zero-order valence-electron chi connectivity index (χ0n) is 14.5. The molecule has 27 heavy (non-hydrogen) atoms. The molecule has 0 aromatic heterocycles. The predicted molar refractivity (Wildman–Crippen MR) is 94.0 cm³/mol. The molecule has 0 aliphatic carbocycles. The minimum Gasteiger partial charge on any atom is -0.493 e. The minimum atomic E-state index is -3.50. The maximum absolute atomic E-state index is 12.4. The predicted octanol–water partition coefficient (Wildman–Crippen LogP) is 0.841. The number of hydrogen-bond acceptors (Lipinski definition) is 7. The maximum Gasteiger partial charge on any atom is 0.377 e. The van der Waals surface area contributed by atoms with Gasteiger partial charge in [-0.2, -0.15) is 4.31 Å². The van der Waals surface area contributed by atoms with Crippen LogP contribution in [0.2, 0.25) is 0 Å². The highest BCUT2D eigenvalue weighted by atomic mass is 32.2. The molecule has 0 radical (unpaired) electrons. The van der Waals surface area contributed by atoms with E-state index in [2.05, 4.69) is 5.32 Å². The number of carbonyl (C=O) groups excluding carboxylic acids is 2. The van der Waals surface area contributed by atoms with Gasteiger partial charge in [0.05, 0.1) is 4.90 Å². The first-order valence-electron chi connectivity index (χ1n) is 8.48. The first-order valence-corrected chi connectivity index (χ1v) is 9.92. The number of amides is 1. The van der Waals surface area contributed by atoms with Crippen LogP contribution in [0.5, 0.6) is 0 Å². The Morgan fingerprint density at radius 1 is 1.11 bits per heavy atom. The molecule has 0 bridgehead atoms. The van der Waals surface area contributed by atoms with Crippen LogP contribution in [-0.2, 0) is 33.8 Å². The Balaban J connectivity index is 1.52. The second-order valence-electron chi connectivity index (χ2n) is 5.96. The zero-order chi connectivity index (χ0) is 19.3. The molecule has 2 heterocycles. The van der Waals surface area contributed by atoms with Gasteiger partial charge >= 0.3 is 5.97 Å². The van der Waals surface area contributed by atoms with Crippen LogP contribution in [0.3, 0.4) is 0 Å². The molecule has 1 aromatic carbocycles. The van der Waals surface area contributed by atoms with Gasteiger partial charge in [0, 0.05) is 18.8 Å². The molecule has 0 spiro atoms. The highest BCUT2D eigenvalue weighted by molar-refractivity contribution is 7.89. The molecule has 1 saturated heterocycles. The van der Waals surface area contributed by atoms with E-state index < -0.39 is 28.5 Å². The second-order valence-corrected chi connectivity index (χ2v) is 7.90. The van der Waals surface area contributed by atoms with E-state index in [0.717, 1.165) is 19.1 Å². The van der Waals surface area contributed by atoms with E-state index in [1.54, 1.807) is 0 Å². The van der Waals surface area contributed by atoms with Gasteiger partial charge in [0.2, 0.25) is 15.8 Å². The van der Waals surface area contributed by atoms with E-state index in [9.17, 15) is 18.0 Å². The van der Waals surface area contributed by atoms with Crippen LogP contribution in [0.15, 0.2) is 41.2 Å². The van der Waals surface area contributed by atoms with Crippen molar-refractivity contribution >= 4 is 27.6 Å². The first-order chi connectivity index (χ1) is 13.0. The lowest BCUT2D eigenvalue weighted by Gasteiger charge is -2.16. The Hall–Kier alpha value is -2.59. The standard InChI is InChI=1S/C17H20N2O7S/c20-16(12-26-17(21)15-11-24-9-10-25-15)18-13-3-5-14(6-4-13)27(22,23)19-7-1-2-8-19/h3-6,11H,1-2,7-10,12H2,(H,18,20). The SMILES string of the molecule is O=C(COC(=O)C1=COCCO1)Nc1ccc(S(=O)(=O)N2CCCC2)cc1. The molecule has 1 fully saturated rings. The molecule has 2 aliphatic rings. The van der Waals surface area contributed by atoms with Crippen molar-refractivity contribution in [3.8, 4) is 0 Å². The lowest BCUT2D eigenvalue weighted by Crippen LogP contribution is -2.27. The van der Waals surface area contributed by atoms with Crippen LogP contribution in [0.25, 0.3) is 0 Å². The largest absolute Gasteiger partial charge is 0.493 e. The molecule has 1 aromatic rings. The Labute approximate surface area is 156 Å². The van der Waals surface area contributed by atoms with E-state index in [0.29, 0.717) is 25.4 Å². The third kappa shape index (κ3) is 4.77. The quantitative estimate of drug-likeness (QED) is 0.709. The molecular formula is C17H20N2O7S. The molecule has 9 nitrogen and oxygen atoms in total. The van der Waals surface area contributed by atoms with E-state index >= 15 is 0 Å². The molecular weight excluding hydrogens is 376 g/mol. The summed E-state index contributed by atoms with van der Waals surface area (Å²) in [7, 11) is -3.50. The highest BCUT2D eigenvalue weighted by Crippen LogP contribution is 2.22. The summed E-state index contributed by atoms with van der Waals surface area (Å²) < 4.78 is 41.2. The highest BCUT2D eigenvalue weighted by Gasteiger charge is 2.27. The van der Waals surface area contributed by atoms with Crippen LogP contribution in [0.4, 0.5) is 5.69 Å². The summed E-state index contributed by atoms with van der Waals surface area (Å²) in [4.78, 5) is 23.7. The number of anilines is 1. The number of benzene rings is 1. The van der Waals surface area contributed by atoms with Gasteiger partial charge in [-0.3, -0.25) is 4.79 Å². The molecule has 1 amide bonds. The fourth-order valence-electron chi connectivity index (χ4n) is 2.66. The van der Waals surface area contributed by atoms with Crippen molar-refractivity contribution < 1.29 is 32.2 Å². The van der Waals surface area contributed by atoms with E-state index in [4.69, 9.17) is 14.2 Å². The number of esters is 1.